The minimum absolute atomic E-state index is 0.0955. The third kappa shape index (κ3) is 3.75. The second kappa shape index (κ2) is 7.11. The van der Waals surface area contributed by atoms with Gasteiger partial charge in [0.25, 0.3) is 0 Å². The molecule has 0 aliphatic carbocycles. The Morgan fingerprint density at radius 2 is 2.00 bits per heavy atom. The third-order valence-electron chi connectivity index (χ3n) is 3.08. The lowest BCUT2D eigenvalue weighted by atomic mass is 9.99. The zero-order valence-corrected chi connectivity index (χ0v) is 13.6. The summed E-state index contributed by atoms with van der Waals surface area (Å²) < 4.78 is 6.42. The molecule has 1 unspecified atom stereocenters. The molecule has 20 heavy (non-hydrogen) atoms. The number of ether oxygens (including phenoxy) is 1. The van der Waals surface area contributed by atoms with Crippen LogP contribution in [0.1, 0.15) is 24.1 Å². The van der Waals surface area contributed by atoms with Crippen molar-refractivity contribution in [3.8, 4) is 5.75 Å². The van der Waals surface area contributed by atoms with E-state index in [1.807, 2.05) is 49.4 Å². The molecule has 0 fully saturated rings. The summed E-state index contributed by atoms with van der Waals surface area (Å²) >= 11 is 9.68. The molecule has 0 radical (unpaired) electrons. The van der Waals surface area contributed by atoms with Gasteiger partial charge in [0.2, 0.25) is 0 Å². The van der Waals surface area contributed by atoms with Crippen molar-refractivity contribution < 1.29 is 4.74 Å². The molecule has 0 spiro atoms. The summed E-state index contributed by atoms with van der Waals surface area (Å²) in [5.74, 6) is 0.834. The maximum atomic E-state index is 6.27. The van der Waals surface area contributed by atoms with Crippen molar-refractivity contribution in [2.75, 3.05) is 6.61 Å². The number of nitrogens with two attached hydrogens (primary N) is 1. The lowest BCUT2D eigenvalue weighted by Crippen LogP contribution is -2.13. The topological polar surface area (TPSA) is 35.2 Å². The van der Waals surface area contributed by atoms with E-state index >= 15 is 0 Å². The van der Waals surface area contributed by atoms with Crippen LogP contribution in [0.3, 0.4) is 0 Å². The van der Waals surface area contributed by atoms with Crippen LogP contribution in [0.15, 0.2) is 46.9 Å². The largest absolute Gasteiger partial charge is 0.493 e. The zero-order chi connectivity index (χ0) is 14.5. The van der Waals surface area contributed by atoms with Crippen LogP contribution in [0.2, 0.25) is 5.02 Å². The molecule has 2 N–H and O–H groups in total. The Hall–Kier alpha value is -1.03. The molecule has 0 amide bonds. The smallest absolute Gasteiger partial charge is 0.133 e. The first-order valence-electron chi connectivity index (χ1n) is 6.53. The molecule has 0 aromatic heterocycles. The van der Waals surface area contributed by atoms with E-state index < -0.39 is 0 Å². The number of benzene rings is 2. The fraction of sp³-hybridized carbons (Fsp3) is 0.250. The van der Waals surface area contributed by atoms with E-state index in [1.165, 1.54) is 0 Å². The van der Waals surface area contributed by atoms with Gasteiger partial charge in [0, 0.05) is 11.1 Å². The average molecular weight is 355 g/mol. The van der Waals surface area contributed by atoms with E-state index in [4.69, 9.17) is 22.1 Å². The highest BCUT2D eigenvalue weighted by Crippen LogP contribution is 2.29. The van der Waals surface area contributed by atoms with Gasteiger partial charge < -0.3 is 10.5 Å². The molecule has 0 bridgehead atoms. The van der Waals surface area contributed by atoms with Crippen molar-refractivity contribution in [1.29, 1.82) is 0 Å². The first kappa shape index (κ1) is 15.4. The van der Waals surface area contributed by atoms with Crippen LogP contribution >= 0.6 is 27.5 Å². The predicted octanol–water partition coefficient (Wildman–Crippen LogP) is 4.74. The molecule has 0 saturated heterocycles. The van der Waals surface area contributed by atoms with E-state index in [0.29, 0.717) is 13.0 Å². The summed E-state index contributed by atoms with van der Waals surface area (Å²) in [6, 6.07) is 13.6. The molecule has 1 atom stereocenters. The quantitative estimate of drug-likeness (QED) is 0.841. The summed E-state index contributed by atoms with van der Waals surface area (Å²) in [4.78, 5) is 0. The summed E-state index contributed by atoms with van der Waals surface area (Å²) in [5, 5.41) is 0.757. The van der Waals surface area contributed by atoms with Gasteiger partial charge in [-0.25, -0.2) is 0 Å². The molecular formula is C16H17BrClNO. The van der Waals surface area contributed by atoms with Crippen molar-refractivity contribution in [3.05, 3.63) is 63.1 Å². The van der Waals surface area contributed by atoms with E-state index in [1.54, 1.807) is 0 Å². The normalized spacial score (nSPS) is 12.2. The van der Waals surface area contributed by atoms with Crippen LogP contribution in [-0.2, 0) is 6.42 Å². The predicted molar refractivity (Wildman–Crippen MR) is 87.4 cm³/mol. The molecule has 106 valence electrons. The highest BCUT2D eigenvalue weighted by atomic mass is 79.9. The van der Waals surface area contributed by atoms with Crippen molar-refractivity contribution in [3.63, 3.8) is 0 Å². The molecule has 2 aromatic carbocycles. The minimum Gasteiger partial charge on any atom is -0.493 e. The second-order valence-corrected chi connectivity index (χ2v) is 5.79. The van der Waals surface area contributed by atoms with Crippen LogP contribution in [0, 0.1) is 0 Å². The molecular weight excluding hydrogens is 338 g/mol. The fourth-order valence-corrected chi connectivity index (χ4v) is 2.76. The van der Waals surface area contributed by atoms with E-state index in [0.717, 1.165) is 26.4 Å². The summed E-state index contributed by atoms with van der Waals surface area (Å²) in [7, 11) is 0. The summed E-state index contributed by atoms with van der Waals surface area (Å²) in [5.41, 5.74) is 8.39. The fourth-order valence-electron chi connectivity index (χ4n) is 2.04. The van der Waals surface area contributed by atoms with Gasteiger partial charge in [-0.3, -0.25) is 0 Å². The average Bonchev–Trinajstić information content (AvgIpc) is 2.43. The Labute approximate surface area is 133 Å². The van der Waals surface area contributed by atoms with E-state index in [-0.39, 0.29) is 6.04 Å². The van der Waals surface area contributed by atoms with E-state index in [2.05, 4.69) is 15.9 Å². The maximum Gasteiger partial charge on any atom is 0.133 e. The van der Waals surface area contributed by atoms with Crippen LogP contribution < -0.4 is 10.5 Å². The van der Waals surface area contributed by atoms with Crippen LogP contribution in [0.5, 0.6) is 5.75 Å². The summed E-state index contributed by atoms with van der Waals surface area (Å²) in [6.07, 6.45) is 0.708. The standard InChI is InChI=1S/C16H17BrClNO/c1-2-20-16-8-7-12(9-13(16)17)15(19)10-11-5-3-4-6-14(11)18/h3-9,15H,2,10,19H2,1H3. The van der Waals surface area contributed by atoms with Crippen LogP contribution in [0.4, 0.5) is 0 Å². The third-order valence-corrected chi connectivity index (χ3v) is 4.07. The van der Waals surface area contributed by atoms with Gasteiger partial charge in [0.1, 0.15) is 5.75 Å². The van der Waals surface area contributed by atoms with Gasteiger partial charge in [0.05, 0.1) is 11.1 Å². The van der Waals surface area contributed by atoms with Gasteiger partial charge in [0.15, 0.2) is 0 Å². The maximum absolute atomic E-state index is 6.27. The lowest BCUT2D eigenvalue weighted by Gasteiger charge is -2.15. The van der Waals surface area contributed by atoms with Gasteiger partial charge in [-0.15, -0.1) is 0 Å². The zero-order valence-electron chi connectivity index (χ0n) is 11.3. The van der Waals surface area contributed by atoms with E-state index in [9.17, 15) is 0 Å². The molecule has 2 rings (SSSR count). The highest BCUT2D eigenvalue weighted by molar-refractivity contribution is 9.10. The highest BCUT2D eigenvalue weighted by Gasteiger charge is 2.11. The van der Waals surface area contributed by atoms with Crippen LogP contribution in [0.25, 0.3) is 0 Å². The molecule has 0 aliphatic heterocycles. The van der Waals surface area contributed by atoms with Gasteiger partial charge in [-0.2, -0.15) is 0 Å². The molecule has 4 heteroatoms. The minimum atomic E-state index is -0.0955. The Morgan fingerprint density at radius 1 is 1.25 bits per heavy atom. The number of rotatable bonds is 5. The SMILES string of the molecule is CCOc1ccc(C(N)Cc2ccccc2Cl)cc1Br. The van der Waals surface area contributed by atoms with Gasteiger partial charge in [-0.1, -0.05) is 35.9 Å². The van der Waals surface area contributed by atoms with Crippen molar-refractivity contribution in [2.24, 2.45) is 5.73 Å². The molecule has 2 nitrogen and oxygen atoms in total. The van der Waals surface area contributed by atoms with Crippen molar-refractivity contribution in [1.82, 2.24) is 0 Å². The number of halogens is 2. The molecule has 0 heterocycles. The molecule has 0 saturated carbocycles. The molecule has 0 aliphatic rings. The summed E-state index contributed by atoms with van der Waals surface area (Å²) in [6.45, 7) is 2.60. The number of hydrogen-bond donors (Lipinski definition) is 1. The van der Waals surface area contributed by atoms with Gasteiger partial charge in [-0.05, 0) is 58.6 Å². The second-order valence-electron chi connectivity index (χ2n) is 4.52. The van der Waals surface area contributed by atoms with Crippen LogP contribution in [-0.4, -0.2) is 6.61 Å². The lowest BCUT2D eigenvalue weighted by molar-refractivity contribution is 0.338. The molecule has 2 aromatic rings. The Morgan fingerprint density at radius 3 is 2.65 bits per heavy atom. The Bertz CT molecular complexity index is 588. The first-order valence-corrected chi connectivity index (χ1v) is 7.70. The Kier molecular flexibility index (Phi) is 5.46. The number of hydrogen-bond acceptors (Lipinski definition) is 2. The first-order chi connectivity index (χ1) is 9.61. The van der Waals surface area contributed by atoms with Crippen molar-refractivity contribution >= 4 is 27.5 Å². The Balaban J connectivity index is 2.15. The van der Waals surface area contributed by atoms with Crippen molar-refractivity contribution in [2.45, 2.75) is 19.4 Å². The monoisotopic (exact) mass is 353 g/mol. The van der Waals surface area contributed by atoms with Gasteiger partial charge >= 0.3 is 0 Å².